The predicted molar refractivity (Wildman–Crippen MR) is 72.4 cm³/mol. The van der Waals surface area contributed by atoms with Gasteiger partial charge in [0.25, 0.3) is 0 Å². The van der Waals surface area contributed by atoms with Gasteiger partial charge in [0.15, 0.2) is 0 Å². The minimum Gasteiger partial charge on any atom is -0.336 e. The first-order valence-corrected chi connectivity index (χ1v) is 6.99. The fourth-order valence-corrected chi connectivity index (χ4v) is 2.75. The Labute approximate surface area is 110 Å². The fourth-order valence-electron chi connectivity index (χ4n) is 2.75. The van der Waals surface area contributed by atoms with E-state index in [4.69, 9.17) is 5.73 Å². The first kappa shape index (κ1) is 13.6. The SMILES string of the molecule is CC(C)(CN)CCCN1CCN2C(=O)NCC2C1. The lowest BCUT2D eigenvalue weighted by molar-refractivity contribution is 0.117. The van der Waals surface area contributed by atoms with Crippen molar-refractivity contribution >= 4 is 6.03 Å². The molecule has 2 saturated heterocycles. The van der Waals surface area contributed by atoms with Crippen LogP contribution in [0.3, 0.4) is 0 Å². The summed E-state index contributed by atoms with van der Waals surface area (Å²) in [5.74, 6) is 0. The van der Waals surface area contributed by atoms with Gasteiger partial charge in [-0.15, -0.1) is 0 Å². The molecule has 0 aliphatic carbocycles. The molecule has 0 saturated carbocycles. The summed E-state index contributed by atoms with van der Waals surface area (Å²) in [6.07, 6.45) is 2.36. The molecule has 0 aromatic carbocycles. The van der Waals surface area contributed by atoms with Crippen LogP contribution in [-0.4, -0.2) is 61.1 Å². The Bertz CT molecular complexity index is 305. The second-order valence-corrected chi connectivity index (χ2v) is 6.31. The van der Waals surface area contributed by atoms with Crippen LogP contribution in [0, 0.1) is 5.41 Å². The molecule has 2 aliphatic rings. The largest absolute Gasteiger partial charge is 0.336 e. The fraction of sp³-hybridized carbons (Fsp3) is 0.923. The summed E-state index contributed by atoms with van der Waals surface area (Å²) in [6.45, 7) is 10.0. The average molecular weight is 254 g/mol. The summed E-state index contributed by atoms with van der Waals surface area (Å²) < 4.78 is 0. The first-order chi connectivity index (χ1) is 8.52. The lowest BCUT2D eigenvalue weighted by Gasteiger charge is -2.36. The second-order valence-electron chi connectivity index (χ2n) is 6.31. The maximum absolute atomic E-state index is 11.5. The van der Waals surface area contributed by atoms with Crippen LogP contribution in [0.15, 0.2) is 0 Å². The summed E-state index contributed by atoms with van der Waals surface area (Å²) in [4.78, 5) is 15.9. The van der Waals surface area contributed by atoms with Crippen LogP contribution < -0.4 is 11.1 Å². The molecule has 1 unspecified atom stereocenters. The van der Waals surface area contributed by atoms with Gasteiger partial charge in [-0.3, -0.25) is 4.90 Å². The van der Waals surface area contributed by atoms with Crippen LogP contribution in [0.2, 0.25) is 0 Å². The van der Waals surface area contributed by atoms with Gasteiger partial charge in [-0.25, -0.2) is 4.79 Å². The van der Waals surface area contributed by atoms with Gasteiger partial charge in [0.2, 0.25) is 0 Å². The number of nitrogens with two attached hydrogens (primary N) is 1. The van der Waals surface area contributed by atoms with Crippen molar-refractivity contribution in [3.05, 3.63) is 0 Å². The Hall–Kier alpha value is -0.810. The Kier molecular flexibility index (Phi) is 4.12. The number of piperazine rings is 1. The highest BCUT2D eigenvalue weighted by atomic mass is 16.2. The Balaban J connectivity index is 1.71. The van der Waals surface area contributed by atoms with E-state index in [0.29, 0.717) is 6.04 Å². The standard InChI is InChI=1S/C13H26N4O/c1-13(2,10-14)4-3-5-16-6-7-17-11(9-16)8-15-12(17)18/h11H,3-10,14H2,1-2H3,(H,15,18). The zero-order valence-electron chi connectivity index (χ0n) is 11.6. The van der Waals surface area contributed by atoms with Gasteiger partial charge in [0.1, 0.15) is 0 Å². The number of urea groups is 1. The van der Waals surface area contributed by atoms with Crippen LogP contribution in [0.1, 0.15) is 26.7 Å². The molecule has 2 aliphatic heterocycles. The Morgan fingerprint density at radius 1 is 1.44 bits per heavy atom. The summed E-state index contributed by atoms with van der Waals surface area (Å²) in [5.41, 5.74) is 6.00. The number of nitrogens with zero attached hydrogens (tertiary/aromatic N) is 2. The van der Waals surface area contributed by atoms with Crippen molar-refractivity contribution in [2.24, 2.45) is 11.1 Å². The number of hydrogen-bond acceptors (Lipinski definition) is 3. The number of nitrogens with one attached hydrogen (secondary N) is 1. The van der Waals surface area contributed by atoms with E-state index in [9.17, 15) is 4.79 Å². The monoisotopic (exact) mass is 254 g/mol. The van der Waals surface area contributed by atoms with E-state index < -0.39 is 0 Å². The Morgan fingerprint density at radius 2 is 2.22 bits per heavy atom. The molecule has 2 heterocycles. The zero-order valence-corrected chi connectivity index (χ0v) is 11.6. The molecular weight excluding hydrogens is 228 g/mol. The van der Waals surface area contributed by atoms with E-state index in [1.165, 1.54) is 12.8 Å². The van der Waals surface area contributed by atoms with E-state index in [1.807, 2.05) is 4.90 Å². The molecule has 18 heavy (non-hydrogen) atoms. The van der Waals surface area contributed by atoms with Crippen molar-refractivity contribution < 1.29 is 4.79 Å². The van der Waals surface area contributed by atoms with Crippen molar-refractivity contribution in [2.75, 3.05) is 39.3 Å². The van der Waals surface area contributed by atoms with E-state index in [0.717, 1.165) is 39.3 Å². The lowest BCUT2D eigenvalue weighted by atomic mass is 9.88. The van der Waals surface area contributed by atoms with E-state index in [1.54, 1.807) is 0 Å². The summed E-state index contributed by atoms with van der Waals surface area (Å²) in [5, 5.41) is 2.92. The third-order valence-electron chi connectivity index (χ3n) is 4.20. The van der Waals surface area contributed by atoms with Crippen molar-refractivity contribution in [1.82, 2.24) is 15.1 Å². The van der Waals surface area contributed by atoms with Gasteiger partial charge in [-0.1, -0.05) is 13.8 Å². The second kappa shape index (κ2) is 5.45. The van der Waals surface area contributed by atoms with Gasteiger partial charge in [0.05, 0.1) is 6.04 Å². The number of hydrogen-bond donors (Lipinski definition) is 2. The molecule has 0 aromatic rings. The van der Waals surface area contributed by atoms with Crippen LogP contribution in [-0.2, 0) is 0 Å². The quantitative estimate of drug-likeness (QED) is 0.749. The number of fused-ring (bicyclic) bond motifs is 1. The molecular formula is C13H26N4O. The van der Waals surface area contributed by atoms with E-state index >= 15 is 0 Å². The number of carbonyl (C=O) groups excluding carboxylic acids is 1. The van der Waals surface area contributed by atoms with Gasteiger partial charge in [-0.2, -0.15) is 0 Å². The number of carbonyl (C=O) groups is 1. The minimum atomic E-state index is 0.115. The molecule has 2 amide bonds. The third-order valence-corrected chi connectivity index (χ3v) is 4.20. The average Bonchev–Trinajstić information content (AvgIpc) is 2.71. The molecule has 3 N–H and O–H groups in total. The van der Waals surface area contributed by atoms with Crippen molar-refractivity contribution in [1.29, 1.82) is 0 Å². The highest BCUT2D eigenvalue weighted by Crippen LogP contribution is 2.21. The maximum Gasteiger partial charge on any atom is 0.317 e. The molecule has 0 aromatic heterocycles. The highest BCUT2D eigenvalue weighted by Gasteiger charge is 2.35. The normalized spacial score (nSPS) is 25.2. The number of amides is 2. The Morgan fingerprint density at radius 3 is 2.94 bits per heavy atom. The van der Waals surface area contributed by atoms with Crippen LogP contribution in [0.5, 0.6) is 0 Å². The van der Waals surface area contributed by atoms with Crippen molar-refractivity contribution in [3.63, 3.8) is 0 Å². The van der Waals surface area contributed by atoms with Crippen LogP contribution in [0.25, 0.3) is 0 Å². The van der Waals surface area contributed by atoms with Gasteiger partial charge < -0.3 is 16.0 Å². The molecule has 5 nitrogen and oxygen atoms in total. The topological polar surface area (TPSA) is 61.6 Å². The van der Waals surface area contributed by atoms with E-state index in [-0.39, 0.29) is 11.4 Å². The zero-order chi connectivity index (χ0) is 13.2. The molecule has 0 radical (unpaired) electrons. The summed E-state index contributed by atoms with van der Waals surface area (Å²) in [6, 6.07) is 0.498. The third kappa shape index (κ3) is 3.14. The van der Waals surface area contributed by atoms with Crippen molar-refractivity contribution in [2.45, 2.75) is 32.7 Å². The van der Waals surface area contributed by atoms with Crippen LogP contribution >= 0.6 is 0 Å². The minimum absolute atomic E-state index is 0.115. The highest BCUT2D eigenvalue weighted by molar-refractivity contribution is 5.77. The van der Waals surface area contributed by atoms with E-state index in [2.05, 4.69) is 24.1 Å². The number of rotatable bonds is 5. The molecule has 104 valence electrons. The molecule has 5 heteroatoms. The van der Waals surface area contributed by atoms with Crippen LogP contribution in [0.4, 0.5) is 4.79 Å². The van der Waals surface area contributed by atoms with Gasteiger partial charge in [-0.05, 0) is 31.3 Å². The maximum atomic E-state index is 11.5. The smallest absolute Gasteiger partial charge is 0.317 e. The van der Waals surface area contributed by atoms with Crippen molar-refractivity contribution in [3.8, 4) is 0 Å². The molecule has 0 spiro atoms. The molecule has 2 rings (SSSR count). The molecule has 1 atom stereocenters. The summed E-state index contributed by atoms with van der Waals surface area (Å²) >= 11 is 0. The summed E-state index contributed by atoms with van der Waals surface area (Å²) in [7, 11) is 0. The molecule has 0 bridgehead atoms. The lowest BCUT2D eigenvalue weighted by Crippen LogP contribution is -2.52. The predicted octanol–water partition coefficient (Wildman–Crippen LogP) is 0.461. The first-order valence-electron chi connectivity index (χ1n) is 6.99. The molecule has 2 fully saturated rings. The van der Waals surface area contributed by atoms with Gasteiger partial charge in [0, 0.05) is 26.2 Å². The van der Waals surface area contributed by atoms with Gasteiger partial charge >= 0.3 is 6.03 Å².